The van der Waals surface area contributed by atoms with E-state index < -0.39 is 0 Å². The first-order valence-corrected chi connectivity index (χ1v) is 8.35. The van der Waals surface area contributed by atoms with E-state index in [1.165, 1.54) is 43.4 Å². The number of hydrogen-bond donors (Lipinski definition) is 1. The van der Waals surface area contributed by atoms with Gasteiger partial charge in [-0.15, -0.1) is 0 Å². The SMILES string of the molecule is COc1c(CCCN)c(C(C)(C)C)nn1C1CCCCC1. The van der Waals surface area contributed by atoms with Crippen LogP contribution in [-0.2, 0) is 11.8 Å². The molecular weight excluding hydrogens is 262 g/mol. The summed E-state index contributed by atoms with van der Waals surface area (Å²) in [5.74, 6) is 0.972. The minimum atomic E-state index is 0.0388. The average molecular weight is 293 g/mol. The molecule has 1 fully saturated rings. The second-order valence-corrected chi connectivity index (χ2v) is 7.22. The van der Waals surface area contributed by atoms with E-state index in [1.54, 1.807) is 7.11 Å². The molecule has 1 aromatic rings. The third kappa shape index (κ3) is 3.60. The molecule has 0 unspecified atom stereocenters. The van der Waals surface area contributed by atoms with Crippen molar-refractivity contribution in [3.8, 4) is 5.88 Å². The van der Waals surface area contributed by atoms with E-state index in [2.05, 4.69) is 25.5 Å². The van der Waals surface area contributed by atoms with Crippen LogP contribution in [0.4, 0.5) is 0 Å². The van der Waals surface area contributed by atoms with E-state index in [9.17, 15) is 0 Å². The Labute approximate surface area is 129 Å². The molecule has 4 heteroatoms. The summed E-state index contributed by atoms with van der Waals surface area (Å²) in [6.07, 6.45) is 8.34. The van der Waals surface area contributed by atoms with E-state index in [0.717, 1.165) is 18.7 Å². The second-order valence-electron chi connectivity index (χ2n) is 7.22. The van der Waals surface area contributed by atoms with Crippen molar-refractivity contribution in [1.29, 1.82) is 0 Å². The van der Waals surface area contributed by atoms with E-state index in [-0.39, 0.29) is 5.41 Å². The molecule has 0 amide bonds. The Morgan fingerprint density at radius 3 is 2.43 bits per heavy atom. The summed E-state index contributed by atoms with van der Waals surface area (Å²) in [6, 6.07) is 0.501. The van der Waals surface area contributed by atoms with Crippen molar-refractivity contribution in [2.24, 2.45) is 5.73 Å². The van der Waals surface area contributed by atoms with Crippen molar-refractivity contribution in [3.63, 3.8) is 0 Å². The lowest BCUT2D eigenvalue weighted by Gasteiger charge is -2.23. The third-order valence-electron chi connectivity index (χ3n) is 4.42. The van der Waals surface area contributed by atoms with Crippen molar-refractivity contribution >= 4 is 0 Å². The van der Waals surface area contributed by atoms with Gasteiger partial charge in [0.05, 0.1) is 18.8 Å². The predicted octanol–water partition coefficient (Wildman–Crippen LogP) is 3.59. The molecule has 0 radical (unpaired) electrons. The highest BCUT2D eigenvalue weighted by Gasteiger charge is 2.30. The molecule has 0 bridgehead atoms. The van der Waals surface area contributed by atoms with Crippen LogP contribution in [0.15, 0.2) is 0 Å². The number of hydrogen-bond acceptors (Lipinski definition) is 3. The molecule has 1 aliphatic rings. The van der Waals surface area contributed by atoms with Crippen molar-refractivity contribution in [2.45, 2.75) is 77.2 Å². The summed E-state index contributed by atoms with van der Waals surface area (Å²) in [5, 5.41) is 4.98. The fourth-order valence-electron chi connectivity index (χ4n) is 3.35. The maximum absolute atomic E-state index is 5.76. The highest BCUT2D eigenvalue weighted by molar-refractivity contribution is 5.36. The molecule has 1 heterocycles. The van der Waals surface area contributed by atoms with Gasteiger partial charge in [-0.1, -0.05) is 40.0 Å². The molecule has 1 saturated carbocycles. The lowest BCUT2D eigenvalue weighted by molar-refractivity contribution is 0.278. The Morgan fingerprint density at radius 2 is 1.90 bits per heavy atom. The van der Waals surface area contributed by atoms with Gasteiger partial charge in [-0.2, -0.15) is 5.10 Å². The quantitative estimate of drug-likeness (QED) is 0.902. The second kappa shape index (κ2) is 6.82. The third-order valence-corrected chi connectivity index (χ3v) is 4.42. The topological polar surface area (TPSA) is 53.1 Å². The van der Waals surface area contributed by atoms with Crippen LogP contribution in [0.5, 0.6) is 5.88 Å². The van der Waals surface area contributed by atoms with Crippen LogP contribution in [0.25, 0.3) is 0 Å². The molecule has 1 aromatic heterocycles. The first-order chi connectivity index (χ1) is 9.99. The molecule has 21 heavy (non-hydrogen) atoms. The van der Waals surface area contributed by atoms with Crippen molar-refractivity contribution < 1.29 is 4.74 Å². The molecule has 2 rings (SSSR count). The minimum absolute atomic E-state index is 0.0388. The summed E-state index contributed by atoms with van der Waals surface area (Å²) in [4.78, 5) is 0. The van der Waals surface area contributed by atoms with Crippen LogP contribution < -0.4 is 10.5 Å². The smallest absolute Gasteiger partial charge is 0.215 e. The predicted molar refractivity (Wildman–Crippen MR) is 87.0 cm³/mol. The van der Waals surface area contributed by atoms with Crippen LogP contribution in [0, 0.1) is 0 Å². The summed E-state index contributed by atoms with van der Waals surface area (Å²) >= 11 is 0. The molecule has 4 nitrogen and oxygen atoms in total. The summed E-state index contributed by atoms with van der Waals surface area (Å²) < 4.78 is 7.93. The molecule has 120 valence electrons. The number of methoxy groups -OCH3 is 1. The fraction of sp³-hybridized carbons (Fsp3) is 0.824. The highest BCUT2D eigenvalue weighted by atomic mass is 16.5. The Morgan fingerprint density at radius 1 is 1.24 bits per heavy atom. The Kier molecular flexibility index (Phi) is 5.31. The van der Waals surface area contributed by atoms with Gasteiger partial charge in [-0.3, -0.25) is 0 Å². The van der Waals surface area contributed by atoms with Crippen LogP contribution in [-0.4, -0.2) is 23.4 Å². The summed E-state index contributed by atoms with van der Waals surface area (Å²) in [6.45, 7) is 7.39. The van der Waals surface area contributed by atoms with Gasteiger partial charge in [0.2, 0.25) is 5.88 Å². The first kappa shape index (κ1) is 16.3. The van der Waals surface area contributed by atoms with E-state index in [4.69, 9.17) is 15.6 Å². The van der Waals surface area contributed by atoms with Gasteiger partial charge in [0, 0.05) is 11.0 Å². The largest absolute Gasteiger partial charge is 0.481 e. The van der Waals surface area contributed by atoms with Gasteiger partial charge < -0.3 is 10.5 Å². The zero-order chi connectivity index (χ0) is 15.5. The van der Waals surface area contributed by atoms with Crippen LogP contribution in [0.2, 0.25) is 0 Å². The van der Waals surface area contributed by atoms with Gasteiger partial charge in [0.25, 0.3) is 0 Å². The van der Waals surface area contributed by atoms with Gasteiger partial charge >= 0.3 is 0 Å². The summed E-state index contributed by atoms with van der Waals surface area (Å²) in [7, 11) is 1.77. The molecule has 0 atom stereocenters. The standard InChI is InChI=1S/C17H31N3O/c1-17(2,3)15-14(11-8-12-18)16(21-4)20(19-15)13-9-6-5-7-10-13/h13H,5-12,18H2,1-4H3. The molecular formula is C17H31N3O. The maximum Gasteiger partial charge on any atom is 0.215 e. The monoisotopic (exact) mass is 293 g/mol. The minimum Gasteiger partial charge on any atom is -0.481 e. The highest BCUT2D eigenvalue weighted by Crippen LogP contribution is 2.37. The molecule has 0 saturated heterocycles. The van der Waals surface area contributed by atoms with E-state index in [0.29, 0.717) is 12.6 Å². The molecule has 2 N–H and O–H groups in total. The lowest BCUT2D eigenvalue weighted by Crippen LogP contribution is -2.18. The van der Waals surface area contributed by atoms with Gasteiger partial charge in [0.15, 0.2) is 0 Å². The Balaban J connectivity index is 2.42. The van der Waals surface area contributed by atoms with E-state index in [1.807, 2.05) is 0 Å². The van der Waals surface area contributed by atoms with Gasteiger partial charge in [0.1, 0.15) is 0 Å². The maximum atomic E-state index is 5.76. The van der Waals surface area contributed by atoms with Gasteiger partial charge in [-0.05, 0) is 32.2 Å². The summed E-state index contributed by atoms with van der Waals surface area (Å²) in [5.41, 5.74) is 8.19. The zero-order valence-corrected chi connectivity index (χ0v) is 14.1. The van der Waals surface area contributed by atoms with Gasteiger partial charge in [-0.25, -0.2) is 4.68 Å². The van der Waals surface area contributed by atoms with Crippen LogP contribution in [0.1, 0.15) is 76.6 Å². The molecule has 1 aliphatic carbocycles. The molecule has 0 aromatic carbocycles. The number of nitrogens with zero attached hydrogens (tertiary/aromatic N) is 2. The van der Waals surface area contributed by atoms with Crippen molar-refractivity contribution in [1.82, 2.24) is 9.78 Å². The van der Waals surface area contributed by atoms with E-state index >= 15 is 0 Å². The van der Waals surface area contributed by atoms with Crippen molar-refractivity contribution in [3.05, 3.63) is 11.3 Å². The Hall–Kier alpha value is -1.03. The zero-order valence-electron chi connectivity index (χ0n) is 14.1. The number of nitrogens with two attached hydrogens (primary N) is 1. The van der Waals surface area contributed by atoms with Crippen molar-refractivity contribution in [2.75, 3.05) is 13.7 Å². The number of aromatic nitrogens is 2. The average Bonchev–Trinajstić information content (AvgIpc) is 2.84. The lowest BCUT2D eigenvalue weighted by atomic mass is 9.88. The number of ether oxygens (including phenoxy) is 1. The first-order valence-electron chi connectivity index (χ1n) is 8.35. The molecule has 0 aliphatic heterocycles. The van der Waals surface area contributed by atoms with Crippen LogP contribution >= 0.6 is 0 Å². The number of rotatable bonds is 5. The fourth-order valence-corrected chi connectivity index (χ4v) is 3.35. The normalized spacial score (nSPS) is 17.2. The van der Waals surface area contributed by atoms with Crippen LogP contribution in [0.3, 0.4) is 0 Å². The molecule has 0 spiro atoms. The Bertz CT molecular complexity index is 453.